The molecule has 24 heavy (non-hydrogen) atoms. The van der Waals surface area contributed by atoms with E-state index in [1.165, 1.54) is 5.56 Å². The second-order valence-corrected chi connectivity index (χ2v) is 6.60. The third kappa shape index (κ3) is 2.56. The average Bonchev–Trinajstić information content (AvgIpc) is 3.36. The Kier molecular flexibility index (Phi) is 3.37. The van der Waals surface area contributed by atoms with Crippen molar-refractivity contribution in [2.75, 3.05) is 5.32 Å². The Morgan fingerprint density at radius 3 is 2.58 bits per heavy atom. The topological polar surface area (TPSA) is 59.8 Å². The van der Waals surface area contributed by atoms with Crippen LogP contribution in [0.25, 0.3) is 11.0 Å². The number of amides is 1. The Labute approximate surface area is 140 Å². The summed E-state index contributed by atoms with van der Waals surface area (Å²) >= 11 is 0. The summed E-state index contributed by atoms with van der Waals surface area (Å²) in [4.78, 5) is 17.6. The van der Waals surface area contributed by atoms with Crippen LogP contribution >= 0.6 is 0 Å². The maximum atomic E-state index is 12.9. The van der Waals surface area contributed by atoms with Crippen LogP contribution in [-0.4, -0.2) is 20.7 Å². The summed E-state index contributed by atoms with van der Waals surface area (Å²) < 4.78 is 1.76. The molecule has 122 valence electrons. The van der Waals surface area contributed by atoms with Crippen molar-refractivity contribution in [3.05, 3.63) is 52.8 Å². The van der Waals surface area contributed by atoms with E-state index in [9.17, 15) is 4.79 Å². The van der Waals surface area contributed by atoms with E-state index in [0.29, 0.717) is 11.5 Å². The molecule has 0 atom stereocenters. The summed E-state index contributed by atoms with van der Waals surface area (Å²) in [5, 5.41) is 8.28. The highest BCUT2D eigenvalue weighted by molar-refractivity contribution is 6.12. The van der Waals surface area contributed by atoms with Crippen molar-refractivity contribution in [2.24, 2.45) is 7.05 Å². The predicted octanol–water partition coefficient (Wildman–Crippen LogP) is 3.71. The number of nitrogens with zero attached hydrogens (tertiary/aromatic N) is 3. The Morgan fingerprint density at radius 1 is 1.21 bits per heavy atom. The molecule has 1 saturated carbocycles. The molecular formula is C19H20N4O. The first kappa shape index (κ1) is 14.9. The van der Waals surface area contributed by atoms with Crippen molar-refractivity contribution in [3.8, 4) is 0 Å². The second-order valence-electron chi connectivity index (χ2n) is 6.60. The number of aryl methyl sites for hydroxylation is 3. The zero-order chi connectivity index (χ0) is 16.8. The number of fused-ring (bicyclic) bond motifs is 1. The number of benzene rings is 1. The molecule has 3 aromatic rings. The Hall–Kier alpha value is -2.69. The first-order chi connectivity index (χ1) is 11.5. The molecule has 2 heterocycles. The summed E-state index contributed by atoms with van der Waals surface area (Å²) in [6.45, 7) is 3.95. The Bertz CT molecular complexity index is 936. The molecule has 1 amide bonds. The van der Waals surface area contributed by atoms with Gasteiger partial charge in [0.2, 0.25) is 0 Å². The van der Waals surface area contributed by atoms with Crippen LogP contribution in [0.15, 0.2) is 30.3 Å². The van der Waals surface area contributed by atoms with Gasteiger partial charge in [0.1, 0.15) is 0 Å². The van der Waals surface area contributed by atoms with Gasteiger partial charge in [-0.15, -0.1) is 0 Å². The van der Waals surface area contributed by atoms with Crippen LogP contribution in [0.2, 0.25) is 0 Å². The van der Waals surface area contributed by atoms with Gasteiger partial charge in [-0.05, 0) is 44.9 Å². The molecule has 5 nitrogen and oxygen atoms in total. The molecule has 2 aromatic heterocycles. The molecule has 1 aromatic carbocycles. The zero-order valence-electron chi connectivity index (χ0n) is 14.1. The smallest absolute Gasteiger partial charge is 0.256 e. The summed E-state index contributed by atoms with van der Waals surface area (Å²) in [6, 6.07) is 9.76. The average molecular weight is 320 g/mol. The lowest BCUT2D eigenvalue weighted by Crippen LogP contribution is -2.13. The summed E-state index contributed by atoms with van der Waals surface area (Å²) in [6.07, 6.45) is 2.29. The Morgan fingerprint density at radius 2 is 1.92 bits per heavy atom. The fraction of sp³-hybridized carbons (Fsp3) is 0.316. The van der Waals surface area contributed by atoms with E-state index in [2.05, 4.69) is 10.4 Å². The molecular weight excluding hydrogens is 300 g/mol. The van der Waals surface area contributed by atoms with Gasteiger partial charge < -0.3 is 5.32 Å². The highest BCUT2D eigenvalue weighted by Gasteiger charge is 2.28. The number of hydrogen-bond acceptors (Lipinski definition) is 3. The van der Waals surface area contributed by atoms with E-state index in [4.69, 9.17) is 4.98 Å². The molecule has 0 radical (unpaired) electrons. The number of carbonyl (C=O) groups is 1. The van der Waals surface area contributed by atoms with E-state index >= 15 is 0 Å². The number of carbonyl (C=O) groups excluding carboxylic acids is 1. The van der Waals surface area contributed by atoms with Gasteiger partial charge in [-0.2, -0.15) is 5.10 Å². The van der Waals surface area contributed by atoms with Gasteiger partial charge in [0, 0.05) is 24.3 Å². The molecule has 4 rings (SSSR count). The fourth-order valence-corrected chi connectivity index (χ4v) is 3.07. The number of aromatic nitrogens is 3. The summed E-state index contributed by atoms with van der Waals surface area (Å²) in [5.41, 5.74) is 5.23. The number of hydrogen-bond donors (Lipinski definition) is 1. The van der Waals surface area contributed by atoms with Crippen LogP contribution < -0.4 is 5.32 Å². The summed E-state index contributed by atoms with van der Waals surface area (Å²) in [7, 11) is 1.88. The third-order valence-electron chi connectivity index (χ3n) is 4.54. The minimum atomic E-state index is -0.107. The van der Waals surface area contributed by atoms with Gasteiger partial charge in [-0.25, -0.2) is 4.98 Å². The van der Waals surface area contributed by atoms with Crippen LogP contribution in [0.5, 0.6) is 0 Å². The highest BCUT2D eigenvalue weighted by atomic mass is 16.1. The van der Waals surface area contributed by atoms with Gasteiger partial charge in [-0.3, -0.25) is 9.48 Å². The fourth-order valence-electron chi connectivity index (χ4n) is 3.07. The van der Waals surface area contributed by atoms with Crippen molar-refractivity contribution in [2.45, 2.75) is 32.6 Å². The van der Waals surface area contributed by atoms with Crippen LogP contribution in [0.3, 0.4) is 0 Å². The van der Waals surface area contributed by atoms with Crippen LogP contribution in [0.1, 0.15) is 46.1 Å². The molecule has 1 aliphatic rings. The second kappa shape index (κ2) is 5.44. The molecule has 1 N–H and O–H groups in total. The molecule has 1 fully saturated rings. The standard InChI is InChI=1S/C19H20N4O/c1-11-4-8-14(9-5-11)20-19(24)15-10-16(13-6-7-13)21-18-17(15)12(2)22-23(18)3/h4-5,8-10,13H,6-7H2,1-3H3,(H,20,24). The number of rotatable bonds is 3. The predicted molar refractivity (Wildman–Crippen MR) is 94.4 cm³/mol. The molecule has 5 heteroatoms. The molecule has 0 unspecified atom stereocenters. The van der Waals surface area contributed by atoms with Crippen molar-refractivity contribution in [3.63, 3.8) is 0 Å². The SMILES string of the molecule is Cc1ccc(NC(=O)c2cc(C3CC3)nc3c2c(C)nn3C)cc1. The minimum Gasteiger partial charge on any atom is -0.322 e. The van der Waals surface area contributed by atoms with Crippen LogP contribution in [0, 0.1) is 13.8 Å². The van der Waals surface area contributed by atoms with Crippen molar-refractivity contribution in [1.82, 2.24) is 14.8 Å². The van der Waals surface area contributed by atoms with Gasteiger partial charge in [-0.1, -0.05) is 17.7 Å². The van der Waals surface area contributed by atoms with E-state index in [1.54, 1.807) is 4.68 Å². The van der Waals surface area contributed by atoms with Gasteiger partial charge in [0.05, 0.1) is 16.6 Å². The van der Waals surface area contributed by atoms with E-state index in [-0.39, 0.29) is 5.91 Å². The quantitative estimate of drug-likeness (QED) is 0.800. The highest BCUT2D eigenvalue weighted by Crippen LogP contribution is 2.40. The van der Waals surface area contributed by atoms with Crippen molar-refractivity contribution < 1.29 is 4.79 Å². The first-order valence-electron chi connectivity index (χ1n) is 8.25. The van der Waals surface area contributed by atoms with E-state index in [0.717, 1.165) is 41.0 Å². The van der Waals surface area contributed by atoms with Crippen molar-refractivity contribution >= 4 is 22.6 Å². The lowest BCUT2D eigenvalue weighted by Gasteiger charge is -2.09. The third-order valence-corrected chi connectivity index (χ3v) is 4.54. The Balaban J connectivity index is 1.79. The molecule has 0 spiro atoms. The lowest BCUT2D eigenvalue weighted by molar-refractivity contribution is 0.102. The maximum absolute atomic E-state index is 12.9. The largest absolute Gasteiger partial charge is 0.322 e. The monoisotopic (exact) mass is 320 g/mol. The molecule has 0 aliphatic heterocycles. The molecule has 0 bridgehead atoms. The van der Waals surface area contributed by atoms with Gasteiger partial charge in [0.25, 0.3) is 5.91 Å². The zero-order valence-corrected chi connectivity index (χ0v) is 14.1. The minimum absolute atomic E-state index is 0.107. The maximum Gasteiger partial charge on any atom is 0.256 e. The molecule has 0 saturated heterocycles. The normalized spacial score (nSPS) is 14.1. The van der Waals surface area contributed by atoms with Gasteiger partial charge in [0.15, 0.2) is 5.65 Å². The summed E-state index contributed by atoms with van der Waals surface area (Å²) in [5.74, 6) is 0.375. The van der Waals surface area contributed by atoms with E-state index in [1.807, 2.05) is 51.2 Å². The van der Waals surface area contributed by atoms with Crippen molar-refractivity contribution in [1.29, 1.82) is 0 Å². The lowest BCUT2D eigenvalue weighted by atomic mass is 10.1. The number of anilines is 1. The number of nitrogens with one attached hydrogen (secondary N) is 1. The van der Waals surface area contributed by atoms with Gasteiger partial charge >= 0.3 is 0 Å². The van der Waals surface area contributed by atoms with Crippen LogP contribution in [-0.2, 0) is 7.05 Å². The number of pyridine rings is 1. The van der Waals surface area contributed by atoms with Crippen LogP contribution in [0.4, 0.5) is 5.69 Å². The van der Waals surface area contributed by atoms with E-state index < -0.39 is 0 Å². The first-order valence-corrected chi connectivity index (χ1v) is 8.25. The molecule has 1 aliphatic carbocycles.